The van der Waals surface area contributed by atoms with Crippen molar-refractivity contribution in [3.05, 3.63) is 0 Å². The zero-order chi connectivity index (χ0) is 6.85. The molecule has 52 valence electrons. The maximum atomic E-state index is 8.93. The van der Waals surface area contributed by atoms with Crippen LogP contribution < -0.4 is 0 Å². The Bertz CT molecular complexity index is 95.1. The number of hydrogen-bond donors (Lipinski definition) is 1. The minimum absolute atomic E-state index is 0.292. The van der Waals surface area contributed by atoms with Gasteiger partial charge < -0.3 is 9.68 Å². The maximum Gasteiger partial charge on any atom is 0.454 e. The van der Waals surface area contributed by atoms with Gasteiger partial charge in [0.1, 0.15) is 0 Å². The van der Waals surface area contributed by atoms with Crippen LogP contribution in [-0.4, -0.2) is 18.2 Å². The first-order chi connectivity index (χ1) is 4.20. The zero-order valence-corrected chi connectivity index (χ0v) is 6.00. The van der Waals surface area contributed by atoms with Crippen molar-refractivity contribution in [3.63, 3.8) is 0 Å². The normalized spacial score (nSPS) is 28.0. The van der Waals surface area contributed by atoms with E-state index in [1.54, 1.807) is 0 Å². The second-order valence-corrected chi connectivity index (χ2v) is 2.95. The fourth-order valence-corrected chi connectivity index (χ4v) is 1.14. The molecule has 9 heavy (non-hydrogen) atoms. The van der Waals surface area contributed by atoms with Crippen LogP contribution in [0.25, 0.3) is 0 Å². The summed E-state index contributed by atoms with van der Waals surface area (Å²) in [5, 5.41) is 8.93. The molecule has 3 heteroatoms. The van der Waals surface area contributed by atoms with Crippen molar-refractivity contribution in [2.24, 2.45) is 5.92 Å². The molecule has 1 saturated heterocycles. The van der Waals surface area contributed by atoms with E-state index in [1.807, 2.05) is 0 Å². The third-order valence-electron chi connectivity index (χ3n) is 1.77. The van der Waals surface area contributed by atoms with E-state index in [0.29, 0.717) is 12.0 Å². The molecule has 0 spiro atoms. The van der Waals surface area contributed by atoms with E-state index in [2.05, 4.69) is 13.8 Å². The van der Waals surface area contributed by atoms with Crippen molar-refractivity contribution < 1.29 is 9.68 Å². The van der Waals surface area contributed by atoms with E-state index >= 15 is 0 Å². The summed E-state index contributed by atoms with van der Waals surface area (Å²) in [6, 6.07) is 0. The van der Waals surface area contributed by atoms with Crippen LogP contribution in [0.2, 0.25) is 6.32 Å². The fourth-order valence-electron chi connectivity index (χ4n) is 1.14. The van der Waals surface area contributed by atoms with Crippen LogP contribution >= 0.6 is 0 Å². The number of hydrogen-bond acceptors (Lipinski definition) is 2. The van der Waals surface area contributed by atoms with E-state index < -0.39 is 7.12 Å². The van der Waals surface area contributed by atoms with Gasteiger partial charge in [-0.1, -0.05) is 13.8 Å². The van der Waals surface area contributed by atoms with E-state index in [0.717, 1.165) is 12.7 Å². The first-order valence-electron chi connectivity index (χ1n) is 3.53. The van der Waals surface area contributed by atoms with Crippen LogP contribution in [0.3, 0.4) is 0 Å². The van der Waals surface area contributed by atoms with Gasteiger partial charge in [-0.3, -0.25) is 0 Å². The molecule has 0 amide bonds. The highest BCUT2D eigenvalue weighted by molar-refractivity contribution is 6.43. The van der Waals surface area contributed by atoms with Crippen LogP contribution in [0.1, 0.15) is 20.3 Å². The highest BCUT2D eigenvalue weighted by Crippen LogP contribution is 2.21. The minimum Gasteiger partial charge on any atom is -0.427 e. The van der Waals surface area contributed by atoms with Gasteiger partial charge in [-0.15, -0.1) is 0 Å². The molecule has 1 rings (SSSR count). The highest BCUT2D eigenvalue weighted by Gasteiger charge is 2.29. The van der Waals surface area contributed by atoms with Crippen LogP contribution in [0.4, 0.5) is 0 Å². The average molecular weight is 128 g/mol. The van der Waals surface area contributed by atoms with E-state index in [4.69, 9.17) is 9.68 Å². The molecular weight excluding hydrogens is 115 g/mol. The summed E-state index contributed by atoms with van der Waals surface area (Å²) in [7, 11) is -0.489. The summed E-state index contributed by atoms with van der Waals surface area (Å²) in [5.41, 5.74) is 0. The molecule has 1 N–H and O–H groups in total. The fraction of sp³-hybridized carbons (Fsp3) is 1.00. The standard InChI is InChI=1S/C6H13BO2/c1-5(2)6-3-4-7(8)9-6/h5-6,8H,3-4H2,1-2H3. The summed E-state index contributed by atoms with van der Waals surface area (Å²) in [6.45, 7) is 4.23. The Morgan fingerprint density at radius 3 is 2.56 bits per heavy atom. The Morgan fingerprint density at radius 1 is 1.67 bits per heavy atom. The molecule has 0 saturated carbocycles. The molecule has 1 unspecified atom stereocenters. The van der Waals surface area contributed by atoms with E-state index in [9.17, 15) is 0 Å². The molecule has 0 aliphatic carbocycles. The Hall–Kier alpha value is -0.0151. The third kappa shape index (κ3) is 1.70. The lowest BCUT2D eigenvalue weighted by Crippen LogP contribution is -2.18. The second-order valence-electron chi connectivity index (χ2n) is 2.95. The largest absolute Gasteiger partial charge is 0.454 e. The smallest absolute Gasteiger partial charge is 0.427 e. The summed E-state index contributed by atoms with van der Waals surface area (Å²) < 4.78 is 5.18. The Kier molecular flexibility index (Phi) is 2.14. The second kappa shape index (κ2) is 2.71. The molecule has 1 aliphatic rings. The van der Waals surface area contributed by atoms with Gasteiger partial charge in [-0.25, -0.2) is 0 Å². The highest BCUT2D eigenvalue weighted by atomic mass is 16.5. The first-order valence-corrected chi connectivity index (χ1v) is 3.53. The van der Waals surface area contributed by atoms with Crippen molar-refractivity contribution in [2.45, 2.75) is 32.7 Å². The SMILES string of the molecule is CC(C)C1CCB(O)O1. The van der Waals surface area contributed by atoms with E-state index in [1.165, 1.54) is 0 Å². The molecule has 2 nitrogen and oxygen atoms in total. The molecular formula is C6H13BO2. The van der Waals surface area contributed by atoms with Gasteiger partial charge in [-0.05, 0) is 18.7 Å². The molecule has 0 aromatic heterocycles. The van der Waals surface area contributed by atoms with Gasteiger partial charge in [0.25, 0.3) is 0 Å². The average Bonchev–Trinajstić information content (AvgIpc) is 2.14. The van der Waals surface area contributed by atoms with Crippen molar-refractivity contribution in [1.29, 1.82) is 0 Å². The lowest BCUT2D eigenvalue weighted by atomic mass is 9.87. The van der Waals surface area contributed by atoms with Crippen molar-refractivity contribution in [2.75, 3.05) is 0 Å². The minimum atomic E-state index is -0.489. The number of rotatable bonds is 1. The van der Waals surface area contributed by atoms with Crippen LogP contribution in [0, 0.1) is 5.92 Å². The van der Waals surface area contributed by atoms with Gasteiger partial charge in [0, 0.05) is 6.10 Å². The third-order valence-corrected chi connectivity index (χ3v) is 1.77. The molecule has 1 fully saturated rings. The van der Waals surface area contributed by atoms with Crippen molar-refractivity contribution in [3.8, 4) is 0 Å². The van der Waals surface area contributed by atoms with Gasteiger partial charge in [0.15, 0.2) is 0 Å². The predicted octanol–water partition coefficient (Wildman–Crippen LogP) is 0.912. The topological polar surface area (TPSA) is 29.5 Å². The quantitative estimate of drug-likeness (QED) is 0.532. The molecule has 0 aromatic rings. The van der Waals surface area contributed by atoms with Crippen LogP contribution in [0.5, 0.6) is 0 Å². The Labute approximate surface area is 56.4 Å². The monoisotopic (exact) mass is 128 g/mol. The van der Waals surface area contributed by atoms with Gasteiger partial charge in [0.05, 0.1) is 0 Å². The van der Waals surface area contributed by atoms with Gasteiger partial charge in [-0.2, -0.15) is 0 Å². The summed E-state index contributed by atoms with van der Waals surface area (Å²) in [4.78, 5) is 0. The maximum absolute atomic E-state index is 8.93. The summed E-state index contributed by atoms with van der Waals surface area (Å²) >= 11 is 0. The molecule has 0 bridgehead atoms. The molecule has 1 aliphatic heterocycles. The molecule has 0 aromatic carbocycles. The Balaban J connectivity index is 2.30. The first kappa shape index (κ1) is 7.10. The lowest BCUT2D eigenvalue weighted by Gasteiger charge is -2.13. The van der Waals surface area contributed by atoms with Crippen LogP contribution in [0.15, 0.2) is 0 Å². The lowest BCUT2D eigenvalue weighted by molar-refractivity contribution is 0.153. The summed E-state index contributed by atoms with van der Waals surface area (Å²) in [5.74, 6) is 0.544. The van der Waals surface area contributed by atoms with Gasteiger partial charge in [0.2, 0.25) is 0 Å². The van der Waals surface area contributed by atoms with Crippen LogP contribution in [-0.2, 0) is 4.65 Å². The predicted molar refractivity (Wildman–Crippen MR) is 37.1 cm³/mol. The van der Waals surface area contributed by atoms with E-state index in [-0.39, 0.29) is 0 Å². The van der Waals surface area contributed by atoms with Crippen molar-refractivity contribution in [1.82, 2.24) is 0 Å². The molecule has 1 atom stereocenters. The molecule has 1 heterocycles. The Morgan fingerprint density at radius 2 is 2.33 bits per heavy atom. The van der Waals surface area contributed by atoms with Gasteiger partial charge >= 0.3 is 7.12 Å². The van der Waals surface area contributed by atoms with Crippen molar-refractivity contribution >= 4 is 7.12 Å². The summed E-state index contributed by atoms with van der Waals surface area (Å²) in [6.07, 6.45) is 2.11. The zero-order valence-electron chi connectivity index (χ0n) is 6.00. The molecule has 0 radical (unpaired) electrons.